The summed E-state index contributed by atoms with van der Waals surface area (Å²) in [5, 5.41) is 6.94. The summed E-state index contributed by atoms with van der Waals surface area (Å²) >= 11 is 5.88. The van der Waals surface area contributed by atoms with Gasteiger partial charge >= 0.3 is 0 Å². The third-order valence-electron chi connectivity index (χ3n) is 3.23. The van der Waals surface area contributed by atoms with Gasteiger partial charge in [-0.05, 0) is 17.7 Å². The second-order valence-corrected chi connectivity index (χ2v) is 4.90. The Morgan fingerprint density at radius 1 is 1.30 bits per heavy atom. The van der Waals surface area contributed by atoms with Crippen LogP contribution in [-0.2, 0) is 6.42 Å². The van der Waals surface area contributed by atoms with E-state index in [1.165, 1.54) is 0 Å². The van der Waals surface area contributed by atoms with Crippen molar-refractivity contribution in [2.75, 3.05) is 0 Å². The highest BCUT2D eigenvalue weighted by Crippen LogP contribution is 2.31. The fourth-order valence-corrected chi connectivity index (χ4v) is 2.43. The van der Waals surface area contributed by atoms with E-state index in [0.717, 1.165) is 11.4 Å². The number of imidazole rings is 1. The van der Waals surface area contributed by atoms with Crippen LogP contribution in [0.5, 0.6) is 0 Å². The van der Waals surface area contributed by atoms with Crippen LogP contribution >= 0.6 is 11.6 Å². The van der Waals surface area contributed by atoms with Crippen molar-refractivity contribution in [3.63, 3.8) is 0 Å². The van der Waals surface area contributed by atoms with Gasteiger partial charge in [-0.3, -0.25) is 5.10 Å². The maximum Gasteiger partial charge on any atom is 0.145 e. The van der Waals surface area contributed by atoms with Crippen molar-refractivity contribution in [1.82, 2.24) is 20.2 Å². The molecule has 1 aromatic carbocycles. The highest BCUT2D eigenvalue weighted by molar-refractivity contribution is 6.30. The molecule has 1 atom stereocenters. The van der Waals surface area contributed by atoms with Crippen LogP contribution in [0.1, 0.15) is 22.9 Å². The molecule has 3 aromatic rings. The fourth-order valence-electron chi connectivity index (χ4n) is 2.25. The van der Waals surface area contributed by atoms with Crippen molar-refractivity contribution in [2.24, 2.45) is 0 Å². The normalized spacial score (nSPS) is 12.5. The summed E-state index contributed by atoms with van der Waals surface area (Å²) in [6.45, 7) is 0. The molecule has 0 fully saturated rings. The molecule has 6 heteroatoms. The van der Waals surface area contributed by atoms with Crippen LogP contribution in [0.2, 0.25) is 5.02 Å². The van der Waals surface area contributed by atoms with Gasteiger partial charge in [0.1, 0.15) is 5.82 Å². The highest BCUT2D eigenvalue weighted by Gasteiger charge is 2.21. The Hall–Kier alpha value is -2.14. The Bertz CT molecular complexity index is 679. The van der Waals surface area contributed by atoms with Crippen LogP contribution in [-0.4, -0.2) is 20.2 Å². The molecular formula is C14H12ClFN4. The van der Waals surface area contributed by atoms with Gasteiger partial charge in [0.2, 0.25) is 0 Å². The molecule has 4 nitrogen and oxygen atoms in total. The van der Waals surface area contributed by atoms with E-state index in [1.807, 2.05) is 6.07 Å². The van der Waals surface area contributed by atoms with Crippen LogP contribution in [0.4, 0.5) is 4.39 Å². The van der Waals surface area contributed by atoms with E-state index in [-0.39, 0.29) is 10.9 Å². The van der Waals surface area contributed by atoms with E-state index in [2.05, 4.69) is 20.2 Å². The van der Waals surface area contributed by atoms with Crippen molar-refractivity contribution < 1.29 is 4.39 Å². The number of aromatic nitrogens is 4. The first-order valence-corrected chi connectivity index (χ1v) is 6.54. The minimum atomic E-state index is -0.395. The molecule has 3 rings (SSSR count). The molecule has 0 aliphatic carbocycles. The van der Waals surface area contributed by atoms with Crippen LogP contribution in [0.3, 0.4) is 0 Å². The Kier molecular flexibility index (Phi) is 3.52. The largest absolute Gasteiger partial charge is 0.348 e. The number of rotatable bonds is 4. The topological polar surface area (TPSA) is 57.4 Å². The SMILES string of the molecule is Fc1c(Cl)cccc1C(Cc1ccn[nH]1)c1cnc[nH]1. The first-order chi connectivity index (χ1) is 9.75. The predicted molar refractivity (Wildman–Crippen MR) is 74.1 cm³/mol. The zero-order chi connectivity index (χ0) is 13.9. The average Bonchev–Trinajstić information content (AvgIpc) is 3.11. The minimum absolute atomic E-state index is 0.122. The van der Waals surface area contributed by atoms with Gasteiger partial charge < -0.3 is 4.98 Å². The molecule has 102 valence electrons. The van der Waals surface area contributed by atoms with E-state index >= 15 is 0 Å². The zero-order valence-corrected chi connectivity index (χ0v) is 11.2. The molecule has 2 heterocycles. The van der Waals surface area contributed by atoms with E-state index < -0.39 is 5.82 Å². The number of aromatic amines is 2. The standard InChI is InChI=1S/C14H12ClFN4/c15-12-3-1-2-10(14(12)16)11(13-7-17-8-18-13)6-9-4-5-19-20-9/h1-5,7-8,11H,6H2,(H,17,18)(H,19,20). The van der Waals surface area contributed by atoms with Gasteiger partial charge in [-0.15, -0.1) is 0 Å². The summed E-state index contributed by atoms with van der Waals surface area (Å²) in [5.41, 5.74) is 2.29. The van der Waals surface area contributed by atoms with Gasteiger partial charge in [-0.25, -0.2) is 9.37 Å². The average molecular weight is 291 g/mol. The molecule has 0 aliphatic heterocycles. The van der Waals surface area contributed by atoms with Crippen molar-refractivity contribution in [1.29, 1.82) is 0 Å². The van der Waals surface area contributed by atoms with Crippen molar-refractivity contribution in [3.8, 4) is 0 Å². The second-order valence-electron chi connectivity index (χ2n) is 4.49. The zero-order valence-electron chi connectivity index (χ0n) is 10.5. The summed E-state index contributed by atoms with van der Waals surface area (Å²) in [4.78, 5) is 7.05. The molecule has 0 spiro atoms. The second kappa shape index (κ2) is 5.46. The lowest BCUT2D eigenvalue weighted by Gasteiger charge is -2.16. The number of hydrogen-bond acceptors (Lipinski definition) is 2. The van der Waals surface area contributed by atoms with Gasteiger partial charge in [-0.2, -0.15) is 5.10 Å². The molecule has 0 bridgehead atoms. The third kappa shape index (κ3) is 2.44. The molecular weight excluding hydrogens is 279 g/mol. The van der Waals surface area contributed by atoms with Crippen LogP contribution in [0, 0.1) is 5.82 Å². The van der Waals surface area contributed by atoms with Crippen LogP contribution in [0.25, 0.3) is 0 Å². The molecule has 2 N–H and O–H groups in total. The van der Waals surface area contributed by atoms with E-state index in [1.54, 1.807) is 36.9 Å². The third-order valence-corrected chi connectivity index (χ3v) is 3.53. The minimum Gasteiger partial charge on any atom is -0.348 e. The molecule has 0 amide bonds. The summed E-state index contributed by atoms with van der Waals surface area (Å²) < 4.78 is 14.3. The van der Waals surface area contributed by atoms with Crippen molar-refractivity contribution in [2.45, 2.75) is 12.3 Å². The molecule has 0 saturated carbocycles. The molecule has 0 aliphatic rings. The monoisotopic (exact) mass is 290 g/mol. The van der Waals surface area contributed by atoms with Gasteiger partial charge in [0, 0.05) is 36.1 Å². The number of nitrogens with zero attached hydrogens (tertiary/aromatic N) is 2. The van der Waals surface area contributed by atoms with E-state index in [0.29, 0.717) is 12.0 Å². The lowest BCUT2D eigenvalue weighted by Crippen LogP contribution is -2.08. The number of benzene rings is 1. The molecule has 1 unspecified atom stereocenters. The summed E-state index contributed by atoms with van der Waals surface area (Å²) in [6.07, 6.45) is 5.53. The predicted octanol–water partition coefficient (Wildman–Crippen LogP) is 3.30. The molecule has 0 saturated heterocycles. The summed E-state index contributed by atoms with van der Waals surface area (Å²) in [5.74, 6) is -0.593. The van der Waals surface area contributed by atoms with Crippen molar-refractivity contribution in [3.05, 3.63) is 70.8 Å². The lowest BCUT2D eigenvalue weighted by molar-refractivity contribution is 0.591. The number of halogens is 2. The maximum absolute atomic E-state index is 14.3. The van der Waals surface area contributed by atoms with Crippen LogP contribution < -0.4 is 0 Å². The summed E-state index contributed by atoms with van der Waals surface area (Å²) in [6, 6.07) is 6.90. The van der Waals surface area contributed by atoms with Crippen molar-refractivity contribution >= 4 is 11.6 Å². The Morgan fingerprint density at radius 2 is 2.20 bits per heavy atom. The van der Waals surface area contributed by atoms with Gasteiger partial charge in [0.05, 0.1) is 11.3 Å². The molecule has 20 heavy (non-hydrogen) atoms. The van der Waals surface area contributed by atoms with Gasteiger partial charge in [-0.1, -0.05) is 23.7 Å². The number of H-pyrrole nitrogens is 2. The molecule has 2 aromatic heterocycles. The lowest BCUT2D eigenvalue weighted by atomic mass is 9.91. The smallest absolute Gasteiger partial charge is 0.145 e. The first kappa shape index (κ1) is 12.9. The van der Waals surface area contributed by atoms with Crippen LogP contribution in [0.15, 0.2) is 43.0 Å². The first-order valence-electron chi connectivity index (χ1n) is 6.16. The number of nitrogens with one attached hydrogen (secondary N) is 2. The van der Waals surface area contributed by atoms with E-state index in [4.69, 9.17) is 11.6 Å². The Balaban J connectivity index is 2.03. The van der Waals surface area contributed by atoms with Gasteiger partial charge in [0.15, 0.2) is 0 Å². The fraction of sp³-hybridized carbons (Fsp3) is 0.143. The highest BCUT2D eigenvalue weighted by atomic mass is 35.5. The summed E-state index contributed by atoms with van der Waals surface area (Å²) in [7, 11) is 0. The van der Waals surface area contributed by atoms with Gasteiger partial charge in [0.25, 0.3) is 0 Å². The Labute approximate surface area is 120 Å². The van der Waals surface area contributed by atoms with E-state index in [9.17, 15) is 4.39 Å². The number of hydrogen-bond donors (Lipinski definition) is 2. The quantitative estimate of drug-likeness (QED) is 0.774. The maximum atomic E-state index is 14.3. The molecule has 0 radical (unpaired) electrons. The Morgan fingerprint density at radius 3 is 2.90 bits per heavy atom.